The molecular weight excluding hydrogens is 510 g/mol. The van der Waals surface area contributed by atoms with Gasteiger partial charge in [0.1, 0.15) is 0 Å². The summed E-state index contributed by atoms with van der Waals surface area (Å²) in [5.41, 5.74) is 22.3. The van der Waals surface area contributed by atoms with Crippen LogP contribution in [0.25, 0.3) is 0 Å². The van der Waals surface area contributed by atoms with Crippen molar-refractivity contribution in [2.45, 2.75) is 47.0 Å². The van der Waals surface area contributed by atoms with Gasteiger partial charge in [0.2, 0.25) is 0 Å². The van der Waals surface area contributed by atoms with E-state index < -0.39 is 0 Å². The molecule has 0 aliphatic heterocycles. The minimum atomic E-state index is 0.796. The number of aryl methyl sites for hydroxylation is 2. The predicted octanol–water partition coefficient (Wildman–Crippen LogP) is 5.39. The van der Waals surface area contributed by atoms with Crippen LogP contribution in [0.3, 0.4) is 0 Å². The molecule has 0 saturated heterocycles. The van der Waals surface area contributed by atoms with E-state index in [1.165, 1.54) is 40.5 Å². The zero-order valence-corrected chi connectivity index (χ0v) is 18.5. The van der Waals surface area contributed by atoms with E-state index in [2.05, 4.69) is 85.0 Å². The number of anilines is 2. The molecule has 4 N–H and O–H groups in total. The van der Waals surface area contributed by atoms with Crippen molar-refractivity contribution in [2.75, 3.05) is 11.5 Å². The first-order chi connectivity index (χ1) is 10.8. The average Bonchev–Trinajstić information content (AvgIpc) is 2.55. The van der Waals surface area contributed by atoms with Crippen LogP contribution in [0, 0.1) is 21.0 Å². The fourth-order valence-corrected chi connectivity index (χ4v) is 4.38. The van der Waals surface area contributed by atoms with Crippen molar-refractivity contribution in [3.8, 4) is 0 Å². The molecule has 0 bridgehead atoms. The highest BCUT2D eigenvalue weighted by Crippen LogP contribution is 2.33. The molecule has 0 aromatic heterocycles. The summed E-state index contributed by atoms with van der Waals surface area (Å²) >= 11 is 4.73. The summed E-state index contributed by atoms with van der Waals surface area (Å²) in [4.78, 5) is 0. The highest BCUT2D eigenvalue weighted by Gasteiger charge is 2.15. The Morgan fingerprint density at radius 1 is 0.739 bits per heavy atom. The number of hydrogen-bond acceptors (Lipinski definition) is 2. The van der Waals surface area contributed by atoms with Crippen LogP contribution < -0.4 is 11.5 Å². The SMILES string of the molecule is CCc1cc(Cc2cc(CC)c(C)c(I)c2N)c(N)c(I)c1C. The van der Waals surface area contributed by atoms with Gasteiger partial charge in [0.25, 0.3) is 0 Å². The van der Waals surface area contributed by atoms with E-state index in [1.807, 2.05) is 0 Å². The minimum absolute atomic E-state index is 0.796. The Kier molecular flexibility index (Phi) is 6.22. The van der Waals surface area contributed by atoms with Crippen molar-refractivity contribution < 1.29 is 0 Å². The van der Waals surface area contributed by atoms with Crippen LogP contribution in [0.4, 0.5) is 11.4 Å². The molecule has 0 heterocycles. The van der Waals surface area contributed by atoms with E-state index in [0.29, 0.717) is 0 Å². The van der Waals surface area contributed by atoms with Gasteiger partial charge in [-0.05, 0) is 105 Å². The monoisotopic (exact) mass is 534 g/mol. The van der Waals surface area contributed by atoms with Gasteiger partial charge >= 0.3 is 0 Å². The molecule has 0 fully saturated rings. The van der Waals surface area contributed by atoms with Gasteiger partial charge < -0.3 is 11.5 Å². The third-order valence-corrected chi connectivity index (χ3v) is 7.41. The van der Waals surface area contributed by atoms with Crippen molar-refractivity contribution >= 4 is 56.6 Å². The number of rotatable bonds is 4. The van der Waals surface area contributed by atoms with Gasteiger partial charge in [-0.15, -0.1) is 0 Å². The Morgan fingerprint density at radius 3 is 1.39 bits per heavy atom. The Labute approximate surface area is 166 Å². The summed E-state index contributed by atoms with van der Waals surface area (Å²) in [6.07, 6.45) is 2.84. The van der Waals surface area contributed by atoms with Crippen LogP contribution in [0.2, 0.25) is 0 Å². The molecule has 0 unspecified atom stereocenters. The van der Waals surface area contributed by atoms with Gasteiger partial charge in [0, 0.05) is 24.9 Å². The molecule has 2 nitrogen and oxygen atoms in total. The first-order valence-electron chi connectivity index (χ1n) is 7.94. The Morgan fingerprint density at radius 2 is 1.09 bits per heavy atom. The molecule has 0 aliphatic carbocycles. The maximum Gasteiger partial charge on any atom is 0.0488 e. The molecular formula is C19H24I2N2. The van der Waals surface area contributed by atoms with Gasteiger partial charge in [0.15, 0.2) is 0 Å². The smallest absolute Gasteiger partial charge is 0.0488 e. The highest BCUT2D eigenvalue weighted by atomic mass is 127. The van der Waals surface area contributed by atoms with Gasteiger partial charge in [-0.3, -0.25) is 0 Å². The van der Waals surface area contributed by atoms with E-state index in [-0.39, 0.29) is 0 Å². The molecule has 0 aliphatic rings. The van der Waals surface area contributed by atoms with Gasteiger partial charge in [-0.2, -0.15) is 0 Å². The quantitative estimate of drug-likeness (QED) is 0.409. The zero-order valence-electron chi connectivity index (χ0n) is 14.2. The van der Waals surface area contributed by atoms with Crippen LogP contribution in [0.5, 0.6) is 0 Å². The molecule has 2 rings (SSSR count). The summed E-state index contributed by atoms with van der Waals surface area (Å²) in [5, 5.41) is 0. The lowest BCUT2D eigenvalue weighted by atomic mass is 9.93. The van der Waals surface area contributed by atoms with Crippen molar-refractivity contribution in [2.24, 2.45) is 0 Å². The van der Waals surface area contributed by atoms with E-state index in [0.717, 1.165) is 30.6 Å². The summed E-state index contributed by atoms with van der Waals surface area (Å²) in [6, 6.07) is 4.51. The van der Waals surface area contributed by atoms with Gasteiger partial charge in [-0.25, -0.2) is 0 Å². The first-order valence-corrected chi connectivity index (χ1v) is 10.1. The Balaban J connectivity index is 2.56. The number of nitrogen functional groups attached to an aromatic ring is 2. The molecule has 0 amide bonds. The molecule has 124 valence electrons. The largest absolute Gasteiger partial charge is 0.398 e. The fourth-order valence-electron chi connectivity index (χ4n) is 2.99. The van der Waals surface area contributed by atoms with E-state index in [9.17, 15) is 0 Å². The molecule has 0 saturated carbocycles. The lowest BCUT2D eigenvalue weighted by molar-refractivity contribution is 1.06. The standard InChI is InChI=1S/C19H24I2N2/c1-5-12-7-14(18(22)16(20)10(12)3)9-15-8-13(6-2)11(4)17(21)19(15)23/h7-8H,5-6,9,22-23H2,1-4H3. The van der Waals surface area contributed by atoms with Crippen LogP contribution >= 0.6 is 45.2 Å². The van der Waals surface area contributed by atoms with Crippen LogP contribution in [-0.4, -0.2) is 0 Å². The maximum absolute atomic E-state index is 6.39. The van der Waals surface area contributed by atoms with E-state index >= 15 is 0 Å². The molecule has 0 spiro atoms. The fraction of sp³-hybridized carbons (Fsp3) is 0.368. The molecule has 0 atom stereocenters. The summed E-state index contributed by atoms with van der Waals surface area (Å²) in [5.74, 6) is 0. The summed E-state index contributed by atoms with van der Waals surface area (Å²) in [7, 11) is 0. The first kappa shape index (κ1) is 18.8. The van der Waals surface area contributed by atoms with Crippen molar-refractivity contribution in [1.29, 1.82) is 0 Å². The van der Waals surface area contributed by atoms with E-state index in [1.54, 1.807) is 0 Å². The number of hydrogen-bond donors (Lipinski definition) is 2. The highest BCUT2D eigenvalue weighted by molar-refractivity contribution is 14.1. The minimum Gasteiger partial charge on any atom is -0.398 e. The number of halogens is 2. The van der Waals surface area contributed by atoms with Crippen LogP contribution in [-0.2, 0) is 19.3 Å². The molecule has 2 aromatic carbocycles. The Hall–Kier alpha value is -0.500. The number of nitrogens with two attached hydrogens (primary N) is 2. The van der Waals surface area contributed by atoms with Crippen molar-refractivity contribution in [3.63, 3.8) is 0 Å². The maximum atomic E-state index is 6.39. The third-order valence-electron chi connectivity index (χ3n) is 4.63. The van der Waals surface area contributed by atoms with Gasteiger partial charge in [0.05, 0.1) is 0 Å². The van der Waals surface area contributed by atoms with Crippen molar-refractivity contribution in [3.05, 3.63) is 52.7 Å². The van der Waals surface area contributed by atoms with Crippen LogP contribution in [0.1, 0.15) is 47.2 Å². The molecule has 0 radical (unpaired) electrons. The normalized spacial score (nSPS) is 11.0. The summed E-state index contributed by atoms with van der Waals surface area (Å²) < 4.78 is 2.35. The van der Waals surface area contributed by atoms with Crippen molar-refractivity contribution in [1.82, 2.24) is 0 Å². The zero-order chi connectivity index (χ0) is 17.3. The predicted molar refractivity (Wildman–Crippen MR) is 118 cm³/mol. The molecule has 4 heteroatoms. The lowest BCUT2D eigenvalue weighted by Gasteiger charge is -2.17. The van der Waals surface area contributed by atoms with Crippen LogP contribution in [0.15, 0.2) is 12.1 Å². The lowest BCUT2D eigenvalue weighted by Crippen LogP contribution is -2.07. The van der Waals surface area contributed by atoms with Gasteiger partial charge in [-0.1, -0.05) is 26.0 Å². The Bertz CT molecular complexity index is 689. The summed E-state index contributed by atoms with van der Waals surface area (Å²) in [6.45, 7) is 8.69. The molecule has 2 aromatic rings. The second kappa shape index (κ2) is 7.59. The molecule has 23 heavy (non-hydrogen) atoms. The average molecular weight is 534 g/mol. The second-order valence-electron chi connectivity index (χ2n) is 5.98. The second-order valence-corrected chi connectivity index (χ2v) is 8.14. The third kappa shape index (κ3) is 3.62. The topological polar surface area (TPSA) is 52.0 Å². The van der Waals surface area contributed by atoms with E-state index in [4.69, 9.17) is 11.5 Å². The number of benzene rings is 2.